The number of amides is 2. The van der Waals surface area contributed by atoms with Gasteiger partial charge in [0.25, 0.3) is 0 Å². The topological polar surface area (TPSA) is 127 Å². The standard InChI is InChI=1S/C22H22N2O7/c1-29-15-5-3-4-14(10-15)23-22(28)18(12-25)24-20(26)8-13-9-21(27)31-19-11-16(30-2)6-7-17(13)19/h3-7,9-11,18,25H,8,12H2,1-2H3,(H,23,28)(H,24,26)/t18-/m0/s1. The summed E-state index contributed by atoms with van der Waals surface area (Å²) < 4.78 is 15.4. The Balaban J connectivity index is 1.72. The van der Waals surface area contributed by atoms with Crippen LogP contribution in [0.3, 0.4) is 0 Å². The molecule has 0 fully saturated rings. The van der Waals surface area contributed by atoms with Gasteiger partial charge >= 0.3 is 5.63 Å². The number of fused-ring (bicyclic) bond motifs is 1. The third-order valence-corrected chi connectivity index (χ3v) is 4.56. The molecule has 1 atom stereocenters. The fourth-order valence-corrected chi connectivity index (χ4v) is 3.03. The maximum atomic E-state index is 12.5. The van der Waals surface area contributed by atoms with E-state index >= 15 is 0 Å². The predicted octanol–water partition coefficient (Wildman–Crippen LogP) is 1.47. The average Bonchev–Trinajstić information content (AvgIpc) is 2.76. The molecule has 1 aromatic heterocycles. The molecule has 0 aliphatic carbocycles. The molecule has 1 heterocycles. The Bertz CT molecular complexity index is 1160. The van der Waals surface area contributed by atoms with E-state index in [-0.39, 0.29) is 12.0 Å². The van der Waals surface area contributed by atoms with Crippen molar-refractivity contribution in [1.29, 1.82) is 0 Å². The molecule has 9 heteroatoms. The summed E-state index contributed by atoms with van der Waals surface area (Å²) in [6.45, 7) is -0.601. The first-order valence-corrected chi connectivity index (χ1v) is 9.39. The van der Waals surface area contributed by atoms with E-state index in [2.05, 4.69) is 10.6 Å². The van der Waals surface area contributed by atoms with Gasteiger partial charge in [0.05, 0.1) is 27.2 Å². The minimum absolute atomic E-state index is 0.183. The molecule has 3 aromatic rings. The maximum absolute atomic E-state index is 12.5. The number of methoxy groups -OCH3 is 2. The highest BCUT2D eigenvalue weighted by molar-refractivity contribution is 5.98. The third-order valence-electron chi connectivity index (χ3n) is 4.56. The zero-order chi connectivity index (χ0) is 22.4. The Hall–Kier alpha value is -3.85. The van der Waals surface area contributed by atoms with Gasteiger partial charge in [0, 0.05) is 29.3 Å². The number of anilines is 1. The lowest BCUT2D eigenvalue weighted by molar-refractivity contribution is -0.126. The Morgan fingerprint density at radius 1 is 1.06 bits per heavy atom. The molecule has 0 bridgehead atoms. The number of hydrogen-bond acceptors (Lipinski definition) is 7. The van der Waals surface area contributed by atoms with Crippen LogP contribution < -0.4 is 25.7 Å². The zero-order valence-corrected chi connectivity index (χ0v) is 17.0. The summed E-state index contributed by atoms with van der Waals surface area (Å²) in [4.78, 5) is 36.9. The summed E-state index contributed by atoms with van der Waals surface area (Å²) in [6.07, 6.45) is -0.183. The smallest absolute Gasteiger partial charge is 0.336 e. The molecule has 9 nitrogen and oxygen atoms in total. The van der Waals surface area contributed by atoms with E-state index in [4.69, 9.17) is 13.9 Å². The van der Waals surface area contributed by atoms with Crippen molar-refractivity contribution in [3.8, 4) is 11.5 Å². The number of benzene rings is 2. The molecule has 2 aromatic carbocycles. The Kier molecular flexibility index (Phi) is 6.88. The normalized spacial score (nSPS) is 11.6. The van der Waals surface area contributed by atoms with Crippen molar-refractivity contribution in [2.24, 2.45) is 0 Å². The Morgan fingerprint density at radius 3 is 2.52 bits per heavy atom. The van der Waals surface area contributed by atoms with Gasteiger partial charge in [-0.15, -0.1) is 0 Å². The quantitative estimate of drug-likeness (QED) is 0.466. The summed E-state index contributed by atoms with van der Waals surface area (Å²) in [5.41, 5.74) is 0.552. The predicted molar refractivity (Wildman–Crippen MR) is 113 cm³/mol. The largest absolute Gasteiger partial charge is 0.497 e. The monoisotopic (exact) mass is 426 g/mol. The lowest BCUT2D eigenvalue weighted by atomic mass is 10.1. The minimum atomic E-state index is -1.18. The van der Waals surface area contributed by atoms with Crippen molar-refractivity contribution < 1.29 is 28.6 Å². The molecular weight excluding hydrogens is 404 g/mol. The summed E-state index contributed by atoms with van der Waals surface area (Å²) in [5.74, 6) is -0.0746. The van der Waals surface area contributed by atoms with Crippen molar-refractivity contribution in [3.63, 3.8) is 0 Å². The van der Waals surface area contributed by atoms with Crippen LogP contribution in [0.15, 0.2) is 57.7 Å². The van der Waals surface area contributed by atoms with Gasteiger partial charge in [-0.2, -0.15) is 0 Å². The summed E-state index contributed by atoms with van der Waals surface area (Å²) in [5, 5.41) is 15.2. The van der Waals surface area contributed by atoms with E-state index in [0.29, 0.717) is 28.1 Å². The third kappa shape index (κ3) is 5.40. The van der Waals surface area contributed by atoms with Crippen LogP contribution in [0.4, 0.5) is 5.69 Å². The lowest BCUT2D eigenvalue weighted by Crippen LogP contribution is -2.46. The average molecular weight is 426 g/mol. The van der Waals surface area contributed by atoms with Crippen LogP contribution in [0, 0.1) is 0 Å². The summed E-state index contributed by atoms with van der Waals surface area (Å²) in [7, 11) is 2.99. The van der Waals surface area contributed by atoms with E-state index < -0.39 is 30.1 Å². The van der Waals surface area contributed by atoms with Gasteiger partial charge in [-0.1, -0.05) is 6.07 Å². The van der Waals surface area contributed by atoms with Crippen LogP contribution in [0.1, 0.15) is 5.56 Å². The number of aliphatic hydroxyl groups is 1. The fraction of sp³-hybridized carbons (Fsp3) is 0.227. The molecule has 0 saturated heterocycles. The van der Waals surface area contributed by atoms with Crippen LogP contribution in [0.25, 0.3) is 11.0 Å². The molecule has 31 heavy (non-hydrogen) atoms. The molecule has 3 N–H and O–H groups in total. The van der Waals surface area contributed by atoms with Crippen LogP contribution >= 0.6 is 0 Å². The van der Waals surface area contributed by atoms with Crippen molar-refractivity contribution in [1.82, 2.24) is 5.32 Å². The molecule has 2 amide bonds. The molecule has 0 unspecified atom stereocenters. The second-order valence-electron chi connectivity index (χ2n) is 6.65. The number of aliphatic hydroxyl groups excluding tert-OH is 1. The van der Waals surface area contributed by atoms with Gasteiger partial charge in [0.1, 0.15) is 23.1 Å². The van der Waals surface area contributed by atoms with Gasteiger partial charge in [0.15, 0.2) is 0 Å². The molecule has 3 rings (SSSR count). The number of carbonyl (C=O) groups is 2. The zero-order valence-electron chi connectivity index (χ0n) is 17.0. The second kappa shape index (κ2) is 9.77. The molecule has 0 spiro atoms. The molecule has 0 aliphatic heterocycles. The fourth-order valence-electron chi connectivity index (χ4n) is 3.03. The molecule has 0 aliphatic rings. The van der Waals surface area contributed by atoms with Crippen molar-refractivity contribution in [2.75, 3.05) is 26.1 Å². The van der Waals surface area contributed by atoms with Gasteiger partial charge < -0.3 is 29.6 Å². The highest BCUT2D eigenvalue weighted by atomic mass is 16.5. The van der Waals surface area contributed by atoms with Crippen LogP contribution in [0.2, 0.25) is 0 Å². The number of nitrogens with one attached hydrogen (secondary N) is 2. The molecule has 0 radical (unpaired) electrons. The van der Waals surface area contributed by atoms with Gasteiger partial charge in [0.2, 0.25) is 11.8 Å². The first-order valence-electron chi connectivity index (χ1n) is 9.39. The highest BCUT2D eigenvalue weighted by Gasteiger charge is 2.21. The Morgan fingerprint density at radius 2 is 1.81 bits per heavy atom. The van der Waals surface area contributed by atoms with E-state index in [0.717, 1.165) is 0 Å². The van der Waals surface area contributed by atoms with Crippen LogP contribution in [-0.2, 0) is 16.0 Å². The number of carbonyl (C=O) groups excluding carboxylic acids is 2. The van der Waals surface area contributed by atoms with Crippen molar-refractivity contribution >= 4 is 28.5 Å². The number of hydrogen-bond donors (Lipinski definition) is 3. The molecular formula is C22H22N2O7. The molecule has 162 valence electrons. The number of rotatable bonds is 8. The summed E-state index contributed by atoms with van der Waals surface area (Å²) >= 11 is 0. The highest BCUT2D eigenvalue weighted by Crippen LogP contribution is 2.23. The van der Waals surface area contributed by atoms with Crippen LogP contribution in [-0.4, -0.2) is 43.8 Å². The van der Waals surface area contributed by atoms with Gasteiger partial charge in [-0.05, 0) is 29.8 Å². The van der Waals surface area contributed by atoms with E-state index in [1.165, 1.54) is 20.3 Å². The molecule has 0 saturated carbocycles. The maximum Gasteiger partial charge on any atom is 0.336 e. The number of ether oxygens (including phenoxy) is 2. The lowest BCUT2D eigenvalue weighted by Gasteiger charge is -2.17. The SMILES string of the molecule is COc1cccc(NC(=O)[C@H](CO)NC(=O)Cc2cc(=O)oc3cc(OC)ccc23)c1. The second-order valence-corrected chi connectivity index (χ2v) is 6.65. The Labute approximate surface area is 177 Å². The summed E-state index contributed by atoms with van der Waals surface area (Å²) in [6, 6.07) is 11.6. The van der Waals surface area contributed by atoms with Crippen LogP contribution in [0.5, 0.6) is 11.5 Å². The van der Waals surface area contributed by atoms with E-state index in [1.54, 1.807) is 42.5 Å². The van der Waals surface area contributed by atoms with Gasteiger partial charge in [-0.3, -0.25) is 9.59 Å². The van der Waals surface area contributed by atoms with E-state index in [9.17, 15) is 19.5 Å². The minimum Gasteiger partial charge on any atom is -0.497 e. The first kappa shape index (κ1) is 21.8. The van der Waals surface area contributed by atoms with Gasteiger partial charge in [-0.25, -0.2) is 4.79 Å². The van der Waals surface area contributed by atoms with Crippen molar-refractivity contribution in [2.45, 2.75) is 12.5 Å². The van der Waals surface area contributed by atoms with Crippen molar-refractivity contribution in [3.05, 3.63) is 64.5 Å². The first-order chi connectivity index (χ1) is 14.9. The van der Waals surface area contributed by atoms with E-state index in [1.807, 2.05) is 0 Å².